The van der Waals surface area contributed by atoms with E-state index in [1.165, 1.54) is 6.42 Å². The van der Waals surface area contributed by atoms with Gasteiger partial charge in [-0.25, -0.2) is 0 Å². The van der Waals surface area contributed by atoms with Crippen LogP contribution in [0.3, 0.4) is 0 Å². The lowest BCUT2D eigenvalue weighted by molar-refractivity contribution is -0.134. The van der Waals surface area contributed by atoms with Crippen LogP contribution in [0.2, 0.25) is 0 Å². The Morgan fingerprint density at radius 1 is 1.19 bits per heavy atom. The second kappa shape index (κ2) is 5.17. The average molecular weight is 225 g/mol. The van der Waals surface area contributed by atoms with E-state index >= 15 is 0 Å². The number of amides is 1. The Bertz CT molecular complexity index is 244. The molecule has 2 aliphatic rings. The first-order valence-electron chi connectivity index (χ1n) is 6.58. The number of unbranched alkanes of at least 4 members (excludes halogenated alkanes) is 2. The zero-order chi connectivity index (χ0) is 11.5. The Balaban J connectivity index is 1.64. The molecule has 0 aromatic carbocycles. The number of hydrogen-bond acceptors (Lipinski definition) is 2. The van der Waals surface area contributed by atoms with Gasteiger partial charge in [0.1, 0.15) is 0 Å². The summed E-state index contributed by atoms with van der Waals surface area (Å²) < 4.78 is 0. The molecule has 2 fully saturated rings. The van der Waals surface area contributed by atoms with Crippen LogP contribution in [0, 0.1) is 17.8 Å². The highest BCUT2D eigenvalue weighted by molar-refractivity contribution is 5.79. The van der Waals surface area contributed by atoms with Crippen LogP contribution in [0.5, 0.6) is 0 Å². The van der Waals surface area contributed by atoms with Gasteiger partial charge in [-0.2, -0.15) is 0 Å². The zero-order valence-corrected chi connectivity index (χ0v) is 10.2. The van der Waals surface area contributed by atoms with E-state index in [4.69, 9.17) is 5.11 Å². The summed E-state index contributed by atoms with van der Waals surface area (Å²) in [6.45, 7) is 1.12. The normalized spacial score (nSPS) is 31.2. The number of fused-ring (bicyclic) bond motifs is 1. The van der Waals surface area contributed by atoms with Crippen LogP contribution in [-0.4, -0.2) is 36.1 Å². The van der Waals surface area contributed by atoms with E-state index in [0.717, 1.165) is 50.5 Å². The van der Waals surface area contributed by atoms with E-state index in [2.05, 4.69) is 0 Å². The quantitative estimate of drug-likeness (QED) is 0.698. The van der Waals surface area contributed by atoms with Crippen molar-refractivity contribution >= 4 is 5.91 Å². The summed E-state index contributed by atoms with van der Waals surface area (Å²) in [5.41, 5.74) is 0. The van der Waals surface area contributed by atoms with Crippen molar-refractivity contribution in [3.8, 4) is 0 Å². The Labute approximate surface area is 97.8 Å². The minimum Gasteiger partial charge on any atom is -0.396 e. The Kier molecular flexibility index (Phi) is 3.85. The lowest BCUT2D eigenvalue weighted by atomic mass is 10.0. The first-order valence-corrected chi connectivity index (χ1v) is 6.58. The average Bonchev–Trinajstić information content (AvgIpc) is 2.90. The number of aliphatic hydroxyl groups is 1. The topological polar surface area (TPSA) is 40.5 Å². The van der Waals surface area contributed by atoms with Gasteiger partial charge >= 0.3 is 0 Å². The minimum atomic E-state index is 0.268. The molecule has 1 amide bonds. The maximum atomic E-state index is 12.1. The number of nitrogens with zero attached hydrogens (tertiary/aromatic N) is 1. The largest absolute Gasteiger partial charge is 0.396 e. The molecule has 3 nitrogen and oxygen atoms in total. The van der Waals surface area contributed by atoms with Gasteiger partial charge < -0.3 is 10.0 Å². The minimum absolute atomic E-state index is 0.268. The van der Waals surface area contributed by atoms with Gasteiger partial charge in [0.05, 0.1) is 0 Å². The SMILES string of the molecule is CN(CCCCCO)C(=O)C1CC2CC2C1. The Hall–Kier alpha value is -0.570. The Morgan fingerprint density at radius 3 is 2.50 bits per heavy atom. The maximum absolute atomic E-state index is 12.1. The maximum Gasteiger partial charge on any atom is 0.225 e. The van der Waals surface area contributed by atoms with Crippen molar-refractivity contribution in [3.63, 3.8) is 0 Å². The number of rotatable bonds is 6. The monoisotopic (exact) mass is 225 g/mol. The third-order valence-corrected chi connectivity index (χ3v) is 4.12. The van der Waals surface area contributed by atoms with Crippen molar-refractivity contribution < 1.29 is 9.90 Å². The van der Waals surface area contributed by atoms with Gasteiger partial charge in [-0.05, 0) is 50.4 Å². The molecule has 2 rings (SSSR count). The first kappa shape index (κ1) is 11.9. The van der Waals surface area contributed by atoms with Crippen molar-refractivity contribution in [1.82, 2.24) is 4.90 Å². The summed E-state index contributed by atoms with van der Waals surface area (Å²) in [5.74, 6) is 2.45. The number of hydrogen-bond donors (Lipinski definition) is 1. The van der Waals surface area contributed by atoms with Crippen molar-refractivity contribution in [2.45, 2.75) is 38.5 Å². The second-order valence-electron chi connectivity index (χ2n) is 5.47. The molecular weight excluding hydrogens is 202 g/mol. The summed E-state index contributed by atoms with van der Waals surface area (Å²) in [5, 5.41) is 8.67. The van der Waals surface area contributed by atoms with Gasteiger partial charge in [-0.3, -0.25) is 4.79 Å². The van der Waals surface area contributed by atoms with Crippen LogP contribution in [0.1, 0.15) is 38.5 Å². The van der Waals surface area contributed by atoms with Crippen molar-refractivity contribution in [2.24, 2.45) is 17.8 Å². The summed E-state index contributed by atoms with van der Waals surface area (Å²) in [6.07, 6.45) is 6.56. The molecule has 16 heavy (non-hydrogen) atoms. The second-order valence-corrected chi connectivity index (χ2v) is 5.47. The summed E-state index contributed by atoms with van der Waals surface area (Å²) >= 11 is 0. The highest BCUT2D eigenvalue weighted by atomic mass is 16.2. The molecule has 2 aliphatic carbocycles. The Morgan fingerprint density at radius 2 is 1.88 bits per heavy atom. The van der Waals surface area contributed by atoms with Crippen molar-refractivity contribution in [3.05, 3.63) is 0 Å². The van der Waals surface area contributed by atoms with Crippen LogP contribution in [0.25, 0.3) is 0 Å². The van der Waals surface area contributed by atoms with E-state index in [1.54, 1.807) is 0 Å². The molecule has 1 N–H and O–H groups in total. The van der Waals surface area contributed by atoms with E-state index in [9.17, 15) is 4.79 Å². The number of aliphatic hydroxyl groups excluding tert-OH is 1. The van der Waals surface area contributed by atoms with Gasteiger partial charge in [0.25, 0.3) is 0 Å². The molecular formula is C13H23NO2. The molecule has 0 aromatic heterocycles. The summed E-state index contributed by atoms with van der Waals surface area (Å²) in [4.78, 5) is 13.9. The summed E-state index contributed by atoms with van der Waals surface area (Å²) in [7, 11) is 1.92. The van der Waals surface area contributed by atoms with Crippen molar-refractivity contribution in [1.29, 1.82) is 0 Å². The molecule has 0 spiro atoms. The van der Waals surface area contributed by atoms with E-state index in [1.807, 2.05) is 11.9 Å². The van der Waals surface area contributed by atoms with Gasteiger partial charge in [0.15, 0.2) is 0 Å². The van der Waals surface area contributed by atoms with Crippen LogP contribution in [0.15, 0.2) is 0 Å². The van der Waals surface area contributed by atoms with Gasteiger partial charge in [0.2, 0.25) is 5.91 Å². The molecule has 3 heteroatoms. The number of carbonyl (C=O) groups excluding carboxylic acids is 1. The van der Waals surface area contributed by atoms with Gasteiger partial charge in [-0.15, -0.1) is 0 Å². The fraction of sp³-hybridized carbons (Fsp3) is 0.923. The van der Waals surface area contributed by atoms with Crippen LogP contribution in [0.4, 0.5) is 0 Å². The van der Waals surface area contributed by atoms with Gasteiger partial charge in [-0.1, -0.05) is 0 Å². The number of carbonyl (C=O) groups is 1. The molecule has 0 saturated heterocycles. The molecule has 0 heterocycles. The molecule has 0 radical (unpaired) electrons. The van der Waals surface area contributed by atoms with Gasteiger partial charge in [0, 0.05) is 26.1 Å². The predicted molar refractivity (Wildman–Crippen MR) is 62.9 cm³/mol. The predicted octanol–water partition coefficient (Wildman–Crippen LogP) is 1.65. The first-order chi connectivity index (χ1) is 7.72. The molecule has 2 unspecified atom stereocenters. The van der Waals surface area contributed by atoms with E-state index in [0.29, 0.717) is 11.8 Å². The fourth-order valence-electron chi connectivity index (χ4n) is 2.98. The van der Waals surface area contributed by atoms with Crippen LogP contribution >= 0.6 is 0 Å². The van der Waals surface area contributed by atoms with E-state index in [-0.39, 0.29) is 6.61 Å². The lowest BCUT2D eigenvalue weighted by Crippen LogP contribution is -2.33. The summed E-state index contributed by atoms with van der Waals surface area (Å²) in [6, 6.07) is 0. The molecule has 0 aromatic rings. The fourth-order valence-corrected chi connectivity index (χ4v) is 2.98. The van der Waals surface area contributed by atoms with Crippen LogP contribution in [-0.2, 0) is 4.79 Å². The third kappa shape index (κ3) is 2.76. The third-order valence-electron chi connectivity index (χ3n) is 4.12. The molecule has 0 bridgehead atoms. The lowest BCUT2D eigenvalue weighted by Gasteiger charge is -2.21. The highest BCUT2D eigenvalue weighted by Gasteiger charge is 2.48. The molecule has 2 atom stereocenters. The molecule has 0 aliphatic heterocycles. The van der Waals surface area contributed by atoms with E-state index < -0.39 is 0 Å². The van der Waals surface area contributed by atoms with Crippen molar-refractivity contribution in [2.75, 3.05) is 20.2 Å². The highest BCUT2D eigenvalue weighted by Crippen LogP contribution is 2.54. The smallest absolute Gasteiger partial charge is 0.225 e. The standard InChI is InChI=1S/C13H23NO2/c1-14(5-3-2-4-6-15)13(16)12-8-10-7-11(10)9-12/h10-12,15H,2-9H2,1H3. The zero-order valence-electron chi connectivity index (χ0n) is 10.2. The molecule has 92 valence electrons. The van der Waals surface area contributed by atoms with Crippen LogP contribution < -0.4 is 0 Å². The molecule has 2 saturated carbocycles.